The third kappa shape index (κ3) is 5.69. The van der Waals surface area contributed by atoms with Gasteiger partial charge in [-0.2, -0.15) is 0 Å². The highest BCUT2D eigenvalue weighted by Gasteiger charge is 2.31. The Bertz CT molecular complexity index is 625. The third-order valence-corrected chi connectivity index (χ3v) is 5.75. The molecule has 0 aliphatic carbocycles. The number of carboxylic acids is 1. The van der Waals surface area contributed by atoms with Crippen molar-refractivity contribution < 1.29 is 14.5 Å². The topological polar surface area (TPSA) is 60.4 Å². The van der Waals surface area contributed by atoms with Crippen molar-refractivity contribution in [3.8, 4) is 0 Å². The molecule has 2 aromatic rings. The summed E-state index contributed by atoms with van der Waals surface area (Å²) in [7, 11) is 0. The summed E-state index contributed by atoms with van der Waals surface area (Å²) in [6.45, 7) is 1.95. The molecule has 2 aromatic carbocycles. The van der Waals surface area contributed by atoms with E-state index in [0.29, 0.717) is 11.3 Å². The summed E-state index contributed by atoms with van der Waals surface area (Å²) in [5, 5.41) is 8.57. The van der Waals surface area contributed by atoms with E-state index in [-0.39, 0.29) is 0 Å². The van der Waals surface area contributed by atoms with Crippen molar-refractivity contribution in [2.24, 2.45) is 0 Å². The van der Waals surface area contributed by atoms with E-state index in [4.69, 9.17) is 0 Å². The van der Waals surface area contributed by atoms with Gasteiger partial charge in [0.05, 0.1) is 0 Å². The Labute approximate surface area is 146 Å². The summed E-state index contributed by atoms with van der Waals surface area (Å²) in [5.74, 6) is -0.975. The smallest absolute Gasteiger partial charge is 0.357 e. The molecule has 2 unspecified atom stereocenters. The molecule has 2 atom stereocenters. The molecule has 0 radical (unpaired) electrons. The number of carboxylic acid groups (broad SMARTS) is 1. The van der Waals surface area contributed by atoms with Crippen LogP contribution in [0.3, 0.4) is 0 Å². The minimum atomic E-state index is -1.50. The van der Waals surface area contributed by atoms with Gasteiger partial charge in [0, 0.05) is 6.42 Å². The van der Waals surface area contributed by atoms with Gasteiger partial charge in [0.1, 0.15) is 0 Å². The second-order valence-corrected chi connectivity index (χ2v) is 7.66. The molecule has 0 spiro atoms. The maximum atomic E-state index is 12.5. The van der Waals surface area contributed by atoms with Crippen molar-refractivity contribution in [1.29, 1.82) is 0 Å². The SMILES string of the molecule is Cc1ccc([S+]([O-])C(CCCCCc2ccccc2)C(=O)O)cc1. The summed E-state index contributed by atoms with van der Waals surface area (Å²) in [4.78, 5) is 12.1. The first-order valence-corrected chi connectivity index (χ1v) is 9.53. The molecule has 0 aliphatic heterocycles. The normalized spacial score (nSPS) is 13.4. The van der Waals surface area contributed by atoms with Gasteiger partial charge in [-0.3, -0.25) is 0 Å². The largest absolute Gasteiger partial charge is 0.611 e. The Hall–Kier alpha value is -1.78. The molecule has 4 heteroatoms. The molecular formula is C20H24O3S. The number of aryl methyl sites for hydroxylation is 2. The van der Waals surface area contributed by atoms with Crippen LogP contribution >= 0.6 is 0 Å². The maximum Gasteiger partial charge on any atom is 0.357 e. The first-order valence-electron chi connectivity index (χ1n) is 8.32. The maximum absolute atomic E-state index is 12.5. The van der Waals surface area contributed by atoms with Gasteiger partial charge < -0.3 is 9.66 Å². The van der Waals surface area contributed by atoms with E-state index in [9.17, 15) is 14.5 Å². The summed E-state index contributed by atoms with van der Waals surface area (Å²) in [6, 6.07) is 17.5. The van der Waals surface area contributed by atoms with E-state index in [0.717, 1.165) is 31.2 Å². The van der Waals surface area contributed by atoms with Crippen molar-refractivity contribution in [1.82, 2.24) is 0 Å². The van der Waals surface area contributed by atoms with Crippen LogP contribution in [0.25, 0.3) is 0 Å². The fourth-order valence-electron chi connectivity index (χ4n) is 2.64. The fraction of sp³-hybridized carbons (Fsp3) is 0.350. The lowest BCUT2D eigenvalue weighted by molar-refractivity contribution is -0.136. The van der Waals surface area contributed by atoms with E-state index in [1.165, 1.54) is 5.56 Å². The Morgan fingerprint density at radius 1 is 1.04 bits per heavy atom. The Balaban J connectivity index is 1.80. The fourth-order valence-corrected chi connectivity index (χ4v) is 3.94. The number of carbonyl (C=O) groups is 1. The minimum Gasteiger partial charge on any atom is -0.611 e. The van der Waals surface area contributed by atoms with Crippen LogP contribution < -0.4 is 0 Å². The van der Waals surface area contributed by atoms with E-state index >= 15 is 0 Å². The summed E-state index contributed by atoms with van der Waals surface area (Å²) in [6.07, 6.45) is 4.20. The van der Waals surface area contributed by atoms with E-state index < -0.39 is 22.4 Å². The van der Waals surface area contributed by atoms with Crippen LogP contribution in [0.5, 0.6) is 0 Å². The molecular weight excluding hydrogens is 320 g/mol. The first kappa shape index (κ1) is 18.6. The second kappa shape index (κ2) is 9.50. The van der Waals surface area contributed by atoms with Crippen molar-refractivity contribution in [3.05, 3.63) is 65.7 Å². The molecule has 3 nitrogen and oxygen atoms in total. The van der Waals surface area contributed by atoms with Crippen molar-refractivity contribution in [2.75, 3.05) is 0 Å². The van der Waals surface area contributed by atoms with Crippen LogP contribution in [0.4, 0.5) is 0 Å². The molecule has 0 aromatic heterocycles. The number of hydrogen-bond donors (Lipinski definition) is 1. The number of unbranched alkanes of at least 4 members (excludes halogenated alkanes) is 2. The van der Waals surface area contributed by atoms with Gasteiger partial charge in [0.2, 0.25) is 5.25 Å². The molecule has 0 bridgehead atoms. The van der Waals surface area contributed by atoms with Gasteiger partial charge in [-0.05, 0) is 55.1 Å². The molecule has 0 amide bonds. The van der Waals surface area contributed by atoms with Gasteiger partial charge in [-0.25, -0.2) is 4.79 Å². The minimum absolute atomic E-state index is 0.449. The lowest BCUT2D eigenvalue weighted by Gasteiger charge is -2.18. The lowest BCUT2D eigenvalue weighted by Crippen LogP contribution is -2.30. The molecule has 0 saturated heterocycles. The molecule has 0 aliphatic rings. The lowest BCUT2D eigenvalue weighted by atomic mass is 10.1. The molecule has 0 heterocycles. The molecule has 0 saturated carbocycles. The van der Waals surface area contributed by atoms with Crippen LogP contribution in [-0.4, -0.2) is 20.9 Å². The van der Waals surface area contributed by atoms with Gasteiger partial charge in [0.25, 0.3) is 0 Å². The number of aliphatic carboxylic acids is 1. The predicted octanol–water partition coefficient (Wildman–Crippen LogP) is 4.36. The van der Waals surface area contributed by atoms with E-state index in [1.54, 1.807) is 12.1 Å². The van der Waals surface area contributed by atoms with Gasteiger partial charge >= 0.3 is 5.97 Å². The summed E-state index contributed by atoms with van der Waals surface area (Å²) in [5.41, 5.74) is 2.37. The summed E-state index contributed by atoms with van der Waals surface area (Å²) >= 11 is -1.50. The molecule has 2 rings (SSSR count). The number of benzene rings is 2. The monoisotopic (exact) mass is 344 g/mol. The first-order chi connectivity index (χ1) is 11.6. The van der Waals surface area contributed by atoms with Crippen molar-refractivity contribution >= 4 is 17.1 Å². The van der Waals surface area contributed by atoms with Crippen LogP contribution in [0.2, 0.25) is 0 Å². The second-order valence-electron chi connectivity index (χ2n) is 6.02. The van der Waals surface area contributed by atoms with Crippen LogP contribution in [-0.2, 0) is 22.4 Å². The molecule has 0 fully saturated rings. The Morgan fingerprint density at radius 3 is 2.33 bits per heavy atom. The predicted molar refractivity (Wildman–Crippen MR) is 97.6 cm³/mol. The highest BCUT2D eigenvalue weighted by atomic mass is 32.2. The van der Waals surface area contributed by atoms with Crippen LogP contribution in [0.15, 0.2) is 59.5 Å². The molecule has 1 N–H and O–H groups in total. The van der Waals surface area contributed by atoms with E-state index in [1.807, 2.05) is 37.3 Å². The van der Waals surface area contributed by atoms with Crippen LogP contribution in [0.1, 0.15) is 36.8 Å². The Kier molecular flexibility index (Phi) is 7.35. The van der Waals surface area contributed by atoms with Gasteiger partial charge in [0.15, 0.2) is 4.90 Å². The van der Waals surface area contributed by atoms with Crippen molar-refractivity contribution in [2.45, 2.75) is 49.2 Å². The number of hydrogen-bond acceptors (Lipinski definition) is 2. The zero-order chi connectivity index (χ0) is 17.4. The quantitative estimate of drug-likeness (QED) is 0.543. The highest BCUT2D eigenvalue weighted by Crippen LogP contribution is 2.21. The van der Waals surface area contributed by atoms with Gasteiger partial charge in [-0.1, -0.05) is 54.4 Å². The van der Waals surface area contributed by atoms with E-state index in [2.05, 4.69) is 12.1 Å². The zero-order valence-corrected chi connectivity index (χ0v) is 14.8. The molecule has 128 valence electrons. The summed E-state index contributed by atoms with van der Waals surface area (Å²) < 4.78 is 12.5. The van der Waals surface area contributed by atoms with Crippen LogP contribution in [0, 0.1) is 6.92 Å². The zero-order valence-electron chi connectivity index (χ0n) is 14.0. The Morgan fingerprint density at radius 2 is 1.71 bits per heavy atom. The average Bonchev–Trinajstić information content (AvgIpc) is 2.59. The standard InChI is InChI=1S/C20H24O3S/c1-16-12-14-18(15-13-16)24(23)19(20(21)22)11-7-3-6-10-17-8-4-2-5-9-17/h2,4-5,8-9,12-15,19H,3,6-7,10-11H2,1H3,(H,21,22). The number of rotatable bonds is 9. The highest BCUT2D eigenvalue weighted by molar-refractivity contribution is 7.92. The van der Waals surface area contributed by atoms with Gasteiger partial charge in [-0.15, -0.1) is 0 Å². The average molecular weight is 344 g/mol. The molecule has 24 heavy (non-hydrogen) atoms. The third-order valence-electron chi connectivity index (χ3n) is 4.06. The van der Waals surface area contributed by atoms with Crippen molar-refractivity contribution in [3.63, 3.8) is 0 Å².